The number of rotatable bonds is 4. The summed E-state index contributed by atoms with van der Waals surface area (Å²) in [6, 6.07) is 8.17. The Bertz CT molecular complexity index is 516. The highest BCUT2D eigenvalue weighted by molar-refractivity contribution is 5.33. The molecule has 2 aromatic rings. The Hall–Kier alpha value is -1.94. The van der Waals surface area contributed by atoms with Crippen LogP contribution in [0.2, 0.25) is 0 Å². The Morgan fingerprint density at radius 1 is 1.39 bits per heavy atom. The average Bonchev–Trinajstić information content (AvgIpc) is 2.41. The van der Waals surface area contributed by atoms with Gasteiger partial charge in [0.2, 0.25) is 0 Å². The molecule has 1 aromatic carbocycles. The highest BCUT2D eigenvalue weighted by Gasteiger charge is 2.13. The molecule has 2 rings (SSSR count). The van der Waals surface area contributed by atoms with Crippen molar-refractivity contribution in [2.75, 3.05) is 6.54 Å². The van der Waals surface area contributed by atoms with Gasteiger partial charge in [0.25, 0.3) is 0 Å². The van der Waals surface area contributed by atoms with Crippen molar-refractivity contribution in [3.05, 3.63) is 59.7 Å². The number of aromatic nitrogens is 1. The van der Waals surface area contributed by atoms with Gasteiger partial charge in [-0.25, -0.2) is 4.39 Å². The Morgan fingerprint density at radius 2 is 2.22 bits per heavy atom. The molecular weight excluding hydrogens is 231 g/mol. The Morgan fingerprint density at radius 3 is 2.89 bits per heavy atom. The number of aryl methyl sites for hydroxylation is 1. The first-order chi connectivity index (χ1) is 8.70. The van der Waals surface area contributed by atoms with Crippen molar-refractivity contribution < 1.29 is 9.13 Å². The van der Waals surface area contributed by atoms with Crippen LogP contribution in [0.25, 0.3) is 0 Å². The molecule has 0 aliphatic rings. The maximum atomic E-state index is 13.2. The summed E-state index contributed by atoms with van der Waals surface area (Å²) in [4.78, 5) is 4.03. The van der Waals surface area contributed by atoms with Crippen LogP contribution in [-0.2, 0) is 0 Å². The van der Waals surface area contributed by atoms with E-state index in [2.05, 4.69) is 4.98 Å². The van der Waals surface area contributed by atoms with Crippen LogP contribution < -0.4 is 10.5 Å². The van der Waals surface area contributed by atoms with Gasteiger partial charge in [-0.1, -0.05) is 12.1 Å². The molecule has 0 aliphatic heterocycles. The van der Waals surface area contributed by atoms with Crippen molar-refractivity contribution in [2.24, 2.45) is 5.73 Å². The van der Waals surface area contributed by atoms with E-state index in [-0.39, 0.29) is 11.9 Å². The molecule has 0 bridgehead atoms. The number of pyridine rings is 1. The van der Waals surface area contributed by atoms with Gasteiger partial charge in [-0.2, -0.15) is 0 Å². The Labute approximate surface area is 105 Å². The zero-order valence-corrected chi connectivity index (χ0v) is 10.1. The number of ether oxygens (including phenoxy) is 1. The van der Waals surface area contributed by atoms with Crippen molar-refractivity contribution in [2.45, 2.75) is 13.0 Å². The van der Waals surface area contributed by atoms with Gasteiger partial charge in [0.05, 0.1) is 0 Å². The first kappa shape index (κ1) is 12.5. The lowest BCUT2D eigenvalue weighted by Crippen LogP contribution is -2.19. The number of nitrogens with zero attached hydrogens (tertiary/aromatic N) is 1. The Kier molecular flexibility index (Phi) is 3.89. The van der Waals surface area contributed by atoms with E-state index < -0.39 is 0 Å². The monoisotopic (exact) mass is 246 g/mol. The molecule has 2 N–H and O–H groups in total. The molecule has 1 aromatic heterocycles. The summed E-state index contributed by atoms with van der Waals surface area (Å²) in [5.74, 6) is 0.187. The summed E-state index contributed by atoms with van der Waals surface area (Å²) in [5, 5.41) is 0. The van der Waals surface area contributed by atoms with Crippen LogP contribution in [0.3, 0.4) is 0 Å². The van der Waals surface area contributed by atoms with Gasteiger partial charge in [-0.3, -0.25) is 4.98 Å². The lowest BCUT2D eigenvalue weighted by molar-refractivity contribution is 0.211. The Balaban J connectivity index is 2.23. The average molecular weight is 246 g/mol. The van der Waals surface area contributed by atoms with E-state index in [1.165, 1.54) is 12.1 Å². The van der Waals surface area contributed by atoms with Crippen molar-refractivity contribution in [1.29, 1.82) is 0 Å². The van der Waals surface area contributed by atoms with Gasteiger partial charge in [-0.05, 0) is 24.6 Å². The molecule has 0 saturated carbocycles. The molecule has 4 heteroatoms. The second-order valence-electron chi connectivity index (χ2n) is 4.04. The number of hydrogen-bond acceptors (Lipinski definition) is 3. The fraction of sp³-hybridized carbons (Fsp3) is 0.214. The summed E-state index contributed by atoms with van der Waals surface area (Å²) in [7, 11) is 0. The van der Waals surface area contributed by atoms with Gasteiger partial charge >= 0.3 is 0 Å². The van der Waals surface area contributed by atoms with E-state index in [1.807, 2.05) is 19.1 Å². The third-order valence-corrected chi connectivity index (χ3v) is 2.69. The van der Waals surface area contributed by atoms with Gasteiger partial charge in [0.1, 0.15) is 17.7 Å². The van der Waals surface area contributed by atoms with Gasteiger partial charge in [0.15, 0.2) is 0 Å². The molecule has 0 fully saturated rings. The normalized spacial score (nSPS) is 12.2. The van der Waals surface area contributed by atoms with Gasteiger partial charge in [-0.15, -0.1) is 0 Å². The van der Waals surface area contributed by atoms with Crippen LogP contribution in [-0.4, -0.2) is 11.5 Å². The van der Waals surface area contributed by atoms with E-state index in [1.54, 1.807) is 18.5 Å². The molecule has 1 heterocycles. The number of benzene rings is 1. The fourth-order valence-electron chi connectivity index (χ4n) is 1.67. The first-order valence-electron chi connectivity index (χ1n) is 5.73. The molecular formula is C14H15FN2O. The third kappa shape index (κ3) is 2.84. The SMILES string of the molecule is Cc1ccc(F)cc1OC(CN)c1cccnc1. The second-order valence-corrected chi connectivity index (χ2v) is 4.04. The number of nitrogens with two attached hydrogens (primary N) is 1. The van der Waals surface area contributed by atoms with E-state index >= 15 is 0 Å². The topological polar surface area (TPSA) is 48.1 Å². The standard InChI is InChI=1S/C14H15FN2O/c1-10-4-5-12(15)7-13(10)18-14(8-16)11-3-2-6-17-9-11/h2-7,9,14H,8,16H2,1H3. The minimum Gasteiger partial charge on any atom is -0.484 e. The second kappa shape index (κ2) is 5.60. The number of hydrogen-bond donors (Lipinski definition) is 1. The van der Waals surface area contributed by atoms with Crippen LogP contribution in [0.5, 0.6) is 5.75 Å². The number of halogens is 1. The largest absolute Gasteiger partial charge is 0.484 e. The first-order valence-corrected chi connectivity index (χ1v) is 5.73. The minimum absolute atomic E-state index is 0.307. The highest BCUT2D eigenvalue weighted by Crippen LogP contribution is 2.25. The molecule has 0 saturated heterocycles. The van der Waals surface area contributed by atoms with Gasteiger partial charge < -0.3 is 10.5 Å². The van der Waals surface area contributed by atoms with E-state index in [4.69, 9.17) is 10.5 Å². The van der Waals surface area contributed by atoms with Crippen LogP contribution in [0.15, 0.2) is 42.7 Å². The van der Waals surface area contributed by atoms with Crippen molar-refractivity contribution >= 4 is 0 Å². The van der Waals surface area contributed by atoms with Crippen LogP contribution in [0, 0.1) is 12.7 Å². The summed E-state index contributed by atoms with van der Waals surface area (Å²) in [6.45, 7) is 2.17. The van der Waals surface area contributed by atoms with Crippen molar-refractivity contribution in [1.82, 2.24) is 4.98 Å². The molecule has 0 radical (unpaired) electrons. The van der Waals surface area contributed by atoms with Crippen LogP contribution >= 0.6 is 0 Å². The van der Waals surface area contributed by atoms with E-state index in [9.17, 15) is 4.39 Å². The van der Waals surface area contributed by atoms with Crippen molar-refractivity contribution in [3.63, 3.8) is 0 Å². The summed E-state index contributed by atoms with van der Waals surface area (Å²) in [5.41, 5.74) is 7.45. The predicted octanol–water partition coefficient (Wildman–Crippen LogP) is 2.61. The maximum Gasteiger partial charge on any atom is 0.137 e. The fourth-order valence-corrected chi connectivity index (χ4v) is 1.67. The zero-order chi connectivity index (χ0) is 13.0. The quantitative estimate of drug-likeness (QED) is 0.902. The van der Waals surface area contributed by atoms with Gasteiger partial charge in [0, 0.05) is 30.6 Å². The minimum atomic E-state index is -0.322. The summed E-state index contributed by atoms with van der Waals surface area (Å²) < 4.78 is 18.9. The molecule has 0 spiro atoms. The highest BCUT2D eigenvalue weighted by atomic mass is 19.1. The summed E-state index contributed by atoms with van der Waals surface area (Å²) >= 11 is 0. The lowest BCUT2D eigenvalue weighted by Gasteiger charge is -2.18. The molecule has 0 aliphatic carbocycles. The molecule has 1 atom stereocenters. The molecule has 18 heavy (non-hydrogen) atoms. The van der Waals surface area contributed by atoms with E-state index in [0.717, 1.165) is 11.1 Å². The van der Waals surface area contributed by atoms with Crippen molar-refractivity contribution in [3.8, 4) is 5.75 Å². The maximum absolute atomic E-state index is 13.2. The lowest BCUT2D eigenvalue weighted by atomic mass is 10.1. The molecule has 3 nitrogen and oxygen atoms in total. The molecule has 0 amide bonds. The smallest absolute Gasteiger partial charge is 0.137 e. The zero-order valence-electron chi connectivity index (χ0n) is 10.1. The summed E-state index contributed by atoms with van der Waals surface area (Å²) in [6.07, 6.45) is 3.07. The predicted molar refractivity (Wildman–Crippen MR) is 67.8 cm³/mol. The molecule has 1 unspecified atom stereocenters. The molecule has 94 valence electrons. The van der Waals surface area contributed by atoms with E-state index in [0.29, 0.717) is 12.3 Å². The third-order valence-electron chi connectivity index (χ3n) is 2.69. The van der Waals surface area contributed by atoms with Crippen LogP contribution in [0.4, 0.5) is 4.39 Å². The van der Waals surface area contributed by atoms with Crippen LogP contribution in [0.1, 0.15) is 17.2 Å².